The van der Waals surface area contributed by atoms with Gasteiger partial charge in [0.2, 0.25) is 0 Å². The topological polar surface area (TPSA) is 92.2 Å². The van der Waals surface area contributed by atoms with Crippen LogP contribution in [0.1, 0.15) is 61.4 Å². The number of aliphatic imine (C=N–C) groups is 1. The van der Waals surface area contributed by atoms with E-state index in [-0.39, 0.29) is 36.0 Å². The number of halogens is 1. The Kier molecular flexibility index (Phi) is 12.1. The maximum absolute atomic E-state index is 12.0. The molecule has 1 aliphatic rings. The van der Waals surface area contributed by atoms with Gasteiger partial charge in [0, 0.05) is 19.7 Å². The molecule has 0 aromatic heterocycles. The number of nitrogens with one attached hydrogen (secondary N) is 2. The van der Waals surface area contributed by atoms with Crippen molar-refractivity contribution >= 4 is 35.9 Å². The van der Waals surface area contributed by atoms with Gasteiger partial charge in [-0.05, 0) is 49.3 Å². The molecular formula is C22H36IN3O4. The summed E-state index contributed by atoms with van der Waals surface area (Å²) in [5.41, 5.74) is 1.43. The molecule has 170 valence electrons. The van der Waals surface area contributed by atoms with Crippen LogP contribution >= 0.6 is 24.0 Å². The van der Waals surface area contributed by atoms with Crippen molar-refractivity contribution in [3.05, 3.63) is 29.3 Å². The maximum Gasteiger partial charge on any atom is 0.341 e. The summed E-state index contributed by atoms with van der Waals surface area (Å²) in [6.07, 6.45) is 6.82. The highest BCUT2D eigenvalue weighted by atomic mass is 127. The third-order valence-electron chi connectivity index (χ3n) is 5.62. The van der Waals surface area contributed by atoms with Crippen LogP contribution in [0, 0.1) is 5.41 Å². The van der Waals surface area contributed by atoms with Gasteiger partial charge in [-0.1, -0.05) is 25.3 Å². The van der Waals surface area contributed by atoms with Gasteiger partial charge in [-0.2, -0.15) is 0 Å². The standard InChI is InChI=1S/C22H35N3O4.HI/c1-4-23-21(25-16-22(12-13-26)10-6-5-7-11-22)24-15-17-8-9-19(28-2)18(14-17)20(27)29-3;/h8-9,14,26H,4-7,10-13,15-16H2,1-3H3,(H2,23,24,25);1H. The number of hydrogen-bond acceptors (Lipinski definition) is 5. The van der Waals surface area contributed by atoms with Crippen LogP contribution in [0.25, 0.3) is 0 Å². The van der Waals surface area contributed by atoms with E-state index in [1.807, 2.05) is 13.0 Å². The third kappa shape index (κ3) is 7.61. The van der Waals surface area contributed by atoms with E-state index in [2.05, 4.69) is 15.6 Å². The molecule has 0 bridgehead atoms. The lowest BCUT2D eigenvalue weighted by Crippen LogP contribution is -2.44. The van der Waals surface area contributed by atoms with Gasteiger partial charge in [0.25, 0.3) is 0 Å². The van der Waals surface area contributed by atoms with Gasteiger partial charge >= 0.3 is 5.97 Å². The predicted octanol–water partition coefficient (Wildman–Crippen LogP) is 3.49. The lowest BCUT2D eigenvalue weighted by atomic mass is 9.72. The molecular weight excluding hydrogens is 497 g/mol. The molecule has 1 aromatic rings. The lowest BCUT2D eigenvalue weighted by Gasteiger charge is -2.37. The molecule has 0 spiro atoms. The Morgan fingerprint density at radius 1 is 1.20 bits per heavy atom. The van der Waals surface area contributed by atoms with E-state index in [1.165, 1.54) is 33.5 Å². The summed E-state index contributed by atoms with van der Waals surface area (Å²) >= 11 is 0. The van der Waals surface area contributed by atoms with Gasteiger partial charge in [-0.3, -0.25) is 0 Å². The van der Waals surface area contributed by atoms with Crippen LogP contribution in [0.4, 0.5) is 0 Å². The average Bonchev–Trinajstić information content (AvgIpc) is 2.75. The minimum atomic E-state index is -0.430. The zero-order valence-corrected chi connectivity index (χ0v) is 20.7. The molecule has 3 N–H and O–H groups in total. The van der Waals surface area contributed by atoms with Crippen molar-refractivity contribution in [2.75, 3.05) is 33.9 Å². The smallest absolute Gasteiger partial charge is 0.341 e. The van der Waals surface area contributed by atoms with Gasteiger partial charge < -0.3 is 25.2 Å². The number of aliphatic hydroxyl groups is 1. The van der Waals surface area contributed by atoms with Crippen LogP contribution in [0.2, 0.25) is 0 Å². The summed E-state index contributed by atoms with van der Waals surface area (Å²) in [5.74, 6) is 0.796. The largest absolute Gasteiger partial charge is 0.496 e. The first kappa shape index (κ1) is 26.5. The Hall–Kier alpha value is -1.55. The Morgan fingerprint density at radius 3 is 2.53 bits per heavy atom. The van der Waals surface area contributed by atoms with Crippen molar-refractivity contribution in [1.29, 1.82) is 0 Å². The highest BCUT2D eigenvalue weighted by molar-refractivity contribution is 14.0. The molecule has 2 rings (SSSR count). The van der Waals surface area contributed by atoms with Crippen LogP contribution < -0.4 is 15.4 Å². The van der Waals surface area contributed by atoms with E-state index in [0.29, 0.717) is 17.9 Å². The van der Waals surface area contributed by atoms with E-state index in [9.17, 15) is 9.90 Å². The highest BCUT2D eigenvalue weighted by Crippen LogP contribution is 2.38. The Bertz CT molecular complexity index is 685. The van der Waals surface area contributed by atoms with E-state index in [1.54, 1.807) is 12.1 Å². The number of benzene rings is 1. The molecule has 0 amide bonds. The molecule has 0 heterocycles. The summed E-state index contributed by atoms with van der Waals surface area (Å²) in [6.45, 7) is 4.24. The van der Waals surface area contributed by atoms with Crippen molar-refractivity contribution in [3.63, 3.8) is 0 Å². The van der Waals surface area contributed by atoms with E-state index in [4.69, 9.17) is 9.47 Å². The zero-order chi connectivity index (χ0) is 21.1. The number of carbonyl (C=O) groups excluding carboxylic acids is 1. The van der Waals surface area contributed by atoms with Crippen LogP contribution in [-0.2, 0) is 11.3 Å². The fourth-order valence-electron chi connectivity index (χ4n) is 3.96. The van der Waals surface area contributed by atoms with Crippen molar-refractivity contribution in [2.45, 2.75) is 52.0 Å². The second kappa shape index (κ2) is 13.7. The summed E-state index contributed by atoms with van der Waals surface area (Å²) in [6, 6.07) is 5.41. The van der Waals surface area contributed by atoms with E-state index in [0.717, 1.165) is 43.9 Å². The summed E-state index contributed by atoms with van der Waals surface area (Å²) in [4.78, 5) is 16.7. The van der Waals surface area contributed by atoms with Crippen LogP contribution in [-0.4, -0.2) is 51.0 Å². The third-order valence-corrected chi connectivity index (χ3v) is 5.62. The molecule has 1 saturated carbocycles. The Balaban J connectivity index is 0.00000450. The van der Waals surface area contributed by atoms with Gasteiger partial charge in [0.1, 0.15) is 11.3 Å². The van der Waals surface area contributed by atoms with Gasteiger partial charge in [0.15, 0.2) is 5.96 Å². The molecule has 0 unspecified atom stereocenters. The summed E-state index contributed by atoms with van der Waals surface area (Å²) < 4.78 is 10.1. The van der Waals surface area contributed by atoms with Gasteiger partial charge in [-0.15, -0.1) is 24.0 Å². The van der Waals surface area contributed by atoms with Gasteiger partial charge in [0.05, 0.1) is 20.8 Å². The van der Waals surface area contributed by atoms with Crippen molar-refractivity contribution in [3.8, 4) is 5.75 Å². The van der Waals surface area contributed by atoms with Crippen molar-refractivity contribution in [1.82, 2.24) is 10.6 Å². The number of hydrogen-bond donors (Lipinski definition) is 3. The number of methoxy groups -OCH3 is 2. The number of nitrogens with zero attached hydrogens (tertiary/aromatic N) is 1. The summed E-state index contributed by atoms with van der Waals surface area (Å²) in [7, 11) is 2.88. The van der Waals surface area contributed by atoms with Crippen LogP contribution in [0.5, 0.6) is 5.75 Å². The number of rotatable bonds is 9. The number of guanidine groups is 1. The minimum absolute atomic E-state index is 0. The number of esters is 1. The normalized spacial score (nSPS) is 15.7. The first-order chi connectivity index (χ1) is 14.1. The molecule has 7 nitrogen and oxygen atoms in total. The molecule has 0 radical (unpaired) electrons. The highest BCUT2D eigenvalue weighted by Gasteiger charge is 2.31. The lowest BCUT2D eigenvalue weighted by molar-refractivity contribution is 0.0597. The molecule has 0 aliphatic heterocycles. The van der Waals surface area contributed by atoms with Crippen LogP contribution in [0.3, 0.4) is 0 Å². The van der Waals surface area contributed by atoms with E-state index < -0.39 is 5.97 Å². The van der Waals surface area contributed by atoms with E-state index >= 15 is 0 Å². The van der Waals surface area contributed by atoms with Crippen LogP contribution in [0.15, 0.2) is 23.2 Å². The maximum atomic E-state index is 12.0. The predicted molar refractivity (Wildman–Crippen MR) is 130 cm³/mol. The molecule has 1 aliphatic carbocycles. The molecule has 30 heavy (non-hydrogen) atoms. The molecule has 1 fully saturated rings. The SMILES string of the molecule is CCNC(=NCc1ccc(OC)c(C(=O)OC)c1)NCC1(CCO)CCCCC1.I. The van der Waals surface area contributed by atoms with Crippen molar-refractivity contribution < 1.29 is 19.4 Å². The first-order valence-corrected chi connectivity index (χ1v) is 10.5. The minimum Gasteiger partial charge on any atom is -0.496 e. The number of carbonyl (C=O) groups is 1. The second-order valence-electron chi connectivity index (χ2n) is 7.61. The fourth-order valence-corrected chi connectivity index (χ4v) is 3.96. The van der Waals surface area contributed by atoms with Crippen molar-refractivity contribution in [2.24, 2.45) is 10.4 Å². The average molecular weight is 533 g/mol. The first-order valence-electron chi connectivity index (χ1n) is 10.5. The number of ether oxygens (including phenoxy) is 2. The Morgan fingerprint density at radius 2 is 1.93 bits per heavy atom. The molecule has 0 saturated heterocycles. The summed E-state index contributed by atoms with van der Waals surface area (Å²) in [5, 5.41) is 16.3. The Labute approximate surface area is 197 Å². The monoisotopic (exact) mass is 533 g/mol. The zero-order valence-electron chi connectivity index (χ0n) is 18.3. The molecule has 8 heteroatoms. The second-order valence-corrected chi connectivity index (χ2v) is 7.61. The quantitative estimate of drug-likeness (QED) is 0.195. The van der Waals surface area contributed by atoms with Gasteiger partial charge in [-0.25, -0.2) is 9.79 Å². The number of aliphatic hydroxyl groups excluding tert-OH is 1. The fraction of sp³-hybridized carbons (Fsp3) is 0.636. The molecule has 0 atom stereocenters. The molecule has 1 aromatic carbocycles.